The van der Waals surface area contributed by atoms with Crippen LogP contribution in [0.15, 0.2) is 30.4 Å². The first kappa shape index (κ1) is 22.2. The van der Waals surface area contributed by atoms with E-state index in [0.717, 1.165) is 61.8 Å². The van der Waals surface area contributed by atoms with E-state index in [1.54, 1.807) is 0 Å². The van der Waals surface area contributed by atoms with E-state index >= 15 is 0 Å². The van der Waals surface area contributed by atoms with Gasteiger partial charge in [0.05, 0.1) is 0 Å². The number of hydrogen-bond acceptors (Lipinski definition) is 4. The molecule has 1 aromatic carbocycles. The van der Waals surface area contributed by atoms with Crippen molar-refractivity contribution in [3.05, 3.63) is 47.0 Å². The number of rotatable bonds is 8. The summed E-state index contributed by atoms with van der Waals surface area (Å²) in [6.07, 6.45) is 7.60. The molecule has 2 aliphatic heterocycles. The molecule has 4 amide bonds. The number of benzene rings is 1. The van der Waals surface area contributed by atoms with Crippen LogP contribution in [0.2, 0.25) is 0 Å². The number of hydrogen-bond donors (Lipinski definition) is 1. The molecule has 1 aliphatic carbocycles. The van der Waals surface area contributed by atoms with Crippen LogP contribution in [0.4, 0.5) is 0 Å². The molecular formula is C25H31N3O4. The van der Waals surface area contributed by atoms with Gasteiger partial charge in [-0.1, -0.05) is 19.1 Å². The zero-order valence-electron chi connectivity index (χ0n) is 18.6. The lowest BCUT2D eigenvalue weighted by Crippen LogP contribution is -2.38. The van der Waals surface area contributed by atoms with Crippen LogP contribution in [-0.4, -0.2) is 53.1 Å². The first-order chi connectivity index (χ1) is 15.5. The molecule has 170 valence electrons. The van der Waals surface area contributed by atoms with Crippen molar-refractivity contribution < 1.29 is 19.2 Å². The van der Waals surface area contributed by atoms with Crippen LogP contribution < -0.4 is 5.32 Å². The molecular weight excluding hydrogens is 406 g/mol. The molecule has 4 rings (SSSR count). The Hall–Kier alpha value is -2.96. The Morgan fingerprint density at radius 2 is 1.78 bits per heavy atom. The second kappa shape index (κ2) is 9.67. The molecule has 1 aromatic rings. The molecule has 0 atom stereocenters. The summed E-state index contributed by atoms with van der Waals surface area (Å²) in [7, 11) is 0. The summed E-state index contributed by atoms with van der Waals surface area (Å²) in [5, 5.41) is 3.06. The van der Waals surface area contributed by atoms with Crippen molar-refractivity contribution in [1.29, 1.82) is 0 Å². The van der Waals surface area contributed by atoms with Gasteiger partial charge in [0.25, 0.3) is 17.7 Å². The summed E-state index contributed by atoms with van der Waals surface area (Å²) in [6, 6.07) is 5.99. The van der Waals surface area contributed by atoms with Crippen LogP contribution in [0.1, 0.15) is 60.5 Å². The molecule has 3 aliphatic rings. The average Bonchev–Trinajstić information content (AvgIpc) is 3.27. The lowest BCUT2D eigenvalue weighted by Gasteiger charge is -2.30. The van der Waals surface area contributed by atoms with Crippen molar-refractivity contribution in [3.8, 4) is 0 Å². The molecule has 7 nitrogen and oxygen atoms in total. The summed E-state index contributed by atoms with van der Waals surface area (Å²) in [5.41, 5.74) is 3.01. The maximum absolute atomic E-state index is 12.6. The summed E-state index contributed by atoms with van der Waals surface area (Å²) >= 11 is 0. The number of fused-ring (bicyclic) bond motifs is 1. The van der Waals surface area contributed by atoms with Gasteiger partial charge in [0.2, 0.25) is 5.91 Å². The fourth-order valence-electron chi connectivity index (χ4n) is 4.99. The van der Waals surface area contributed by atoms with E-state index in [1.807, 2.05) is 17.0 Å². The van der Waals surface area contributed by atoms with Gasteiger partial charge in [-0.15, -0.1) is 0 Å². The second-order valence-electron chi connectivity index (χ2n) is 9.10. The van der Waals surface area contributed by atoms with E-state index in [1.165, 1.54) is 17.1 Å². The van der Waals surface area contributed by atoms with Gasteiger partial charge in [-0.2, -0.15) is 0 Å². The van der Waals surface area contributed by atoms with Crippen molar-refractivity contribution in [2.24, 2.45) is 11.8 Å². The number of amides is 4. The maximum atomic E-state index is 12.6. The van der Waals surface area contributed by atoms with Gasteiger partial charge in [0.15, 0.2) is 0 Å². The molecule has 0 radical (unpaired) electrons. The molecule has 1 fully saturated rings. The predicted molar refractivity (Wildman–Crippen MR) is 119 cm³/mol. The van der Waals surface area contributed by atoms with Crippen LogP contribution >= 0.6 is 0 Å². The van der Waals surface area contributed by atoms with Crippen LogP contribution in [0.3, 0.4) is 0 Å². The first-order valence-electron chi connectivity index (χ1n) is 11.7. The van der Waals surface area contributed by atoms with Gasteiger partial charge in [0, 0.05) is 49.8 Å². The summed E-state index contributed by atoms with van der Waals surface area (Å²) < 4.78 is 0. The minimum Gasteiger partial charge on any atom is -0.356 e. The highest BCUT2D eigenvalue weighted by Crippen LogP contribution is 2.30. The third-order valence-electron chi connectivity index (χ3n) is 6.81. The smallest absolute Gasteiger partial charge is 0.254 e. The number of nitrogens with one attached hydrogen (secondary N) is 1. The van der Waals surface area contributed by atoms with Crippen LogP contribution in [0.5, 0.6) is 0 Å². The normalized spacial score (nSPS) is 22.6. The predicted octanol–water partition coefficient (Wildman–Crippen LogP) is 2.44. The molecule has 0 bridgehead atoms. The van der Waals surface area contributed by atoms with Crippen LogP contribution in [-0.2, 0) is 27.3 Å². The first-order valence-corrected chi connectivity index (χ1v) is 11.7. The quantitative estimate of drug-likeness (QED) is 0.633. The van der Waals surface area contributed by atoms with E-state index < -0.39 is 0 Å². The van der Waals surface area contributed by atoms with Gasteiger partial charge in [-0.25, -0.2) is 0 Å². The molecule has 1 saturated carbocycles. The highest BCUT2D eigenvalue weighted by molar-refractivity contribution is 6.12. The molecule has 0 saturated heterocycles. The maximum Gasteiger partial charge on any atom is 0.254 e. The average molecular weight is 438 g/mol. The van der Waals surface area contributed by atoms with E-state index in [-0.39, 0.29) is 35.5 Å². The minimum absolute atomic E-state index is 0.00500. The highest BCUT2D eigenvalue weighted by Gasteiger charge is 2.31. The topological polar surface area (TPSA) is 86.8 Å². The standard InChI is InChI=1S/C25H31N3O4/c1-2-13-27-16-20-14-17(5-8-21(20)25(27)32)11-12-26-24(31)19-6-3-18(4-7-19)15-28-22(29)9-10-23(28)30/h5,8-10,14,18-19H,2-4,6-7,11-13,15-16H2,1H3,(H,26,31). The van der Waals surface area contributed by atoms with Crippen molar-refractivity contribution in [2.45, 2.75) is 52.0 Å². The molecule has 1 N–H and O–H groups in total. The highest BCUT2D eigenvalue weighted by atomic mass is 16.2. The van der Waals surface area contributed by atoms with Gasteiger partial charge in [0.1, 0.15) is 0 Å². The second-order valence-corrected chi connectivity index (χ2v) is 9.10. The van der Waals surface area contributed by atoms with E-state index in [9.17, 15) is 19.2 Å². The summed E-state index contributed by atoms with van der Waals surface area (Å²) in [5.74, 6) is 0.00602. The van der Waals surface area contributed by atoms with Crippen molar-refractivity contribution in [3.63, 3.8) is 0 Å². The van der Waals surface area contributed by atoms with E-state index in [2.05, 4.69) is 18.3 Å². The Balaban J connectivity index is 1.19. The van der Waals surface area contributed by atoms with Gasteiger partial charge >= 0.3 is 0 Å². The van der Waals surface area contributed by atoms with Crippen molar-refractivity contribution >= 4 is 23.6 Å². The number of imide groups is 1. The summed E-state index contributed by atoms with van der Waals surface area (Å²) in [6.45, 7) is 4.56. The fraction of sp³-hybridized carbons (Fsp3) is 0.520. The van der Waals surface area contributed by atoms with Crippen LogP contribution in [0.25, 0.3) is 0 Å². The SMILES string of the molecule is CCCN1Cc2cc(CCNC(=O)C3CCC(CN4C(=O)C=CC4=O)CC3)ccc2C1=O. The Bertz CT molecular complexity index is 929. The Kier molecular flexibility index (Phi) is 6.72. The van der Waals surface area contributed by atoms with Crippen molar-refractivity contribution in [1.82, 2.24) is 15.1 Å². The number of carbonyl (C=O) groups excluding carboxylic acids is 4. The third-order valence-corrected chi connectivity index (χ3v) is 6.81. The lowest BCUT2D eigenvalue weighted by molar-refractivity contribution is -0.138. The summed E-state index contributed by atoms with van der Waals surface area (Å²) in [4.78, 5) is 51.6. The molecule has 7 heteroatoms. The Morgan fingerprint density at radius 3 is 2.47 bits per heavy atom. The van der Waals surface area contributed by atoms with Crippen LogP contribution in [0, 0.1) is 11.8 Å². The van der Waals surface area contributed by atoms with E-state index in [0.29, 0.717) is 19.6 Å². The van der Waals surface area contributed by atoms with Gasteiger partial charge in [-0.05, 0) is 61.6 Å². The third kappa shape index (κ3) is 4.76. The Morgan fingerprint density at radius 1 is 1.06 bits per heavy atom. The lowest BCUT2D eigenvalue weighted by atomic mass is 9.81. The number of nitrogens with zero attached hydrogens (tertiary/aromatic N) is 2. The number of carbonyl (C=O) groups is 4. The molecule has 32 heavy (non-hydrogen) atoms. The molecule has 2 heterocycles. The van der Waals surface area contributed by atoms with Crippen molar-refractivity contribution in [2.75, 3.05) is 19.6 Å². The zero-order valence-corrected chi connectivity index (χ0v) is 18.6. The fourth-order valence-corrected chi connectivity index (χ4v) is 4.99. The molecule has 0 spiro atoms. The zero-order chi connectivity index (χ0) is 22.7. The molecule has 0 aromatic heterocycles. The van der Waals surface area contributed by atoms with Gasteiger partial charge < -0.3 is 10.2 Å². The molecule has 0 unspecified atom stereocenters. The monoisotopic (exact) mass is 437 g/mol. The Labute approximate surface area is 188 Å². The largest absolute Gasteiger partial charge is 0.356 e. The van der Waals surface area contributed by atoms with E-state index in [4.69, 9.17) is 0 Å². The van der Waals surface area contributed by atoms with Gasteiger partial charge in [-0.3, -0.25) is 24.1 Å². The minimum atomic E-state index is -0.233.